The van der Waals surface area contributed by atoms with E-state index in [-0.39, 0.29) is 11.7 Å². The number of hydrogen-bond acceptors (Lipinski definition) is 3. The molecule has 0 atom stereocenters. The Kier molecular flexibility index (Phi) is 4.48. The first-order valence-corrected chi connectivity index (χ1v) is 8.63. The highest BCUT2D eigenvalue weighted by atomic mass is 19.1. The van der Waals surface area contributed by atoms with Crippen molar-refractivity contribution in [3.8, 4) is 11.5 Å². The third kappa shape index (κ3) is 3.35. The van der Waals surface area contributed by atoms with Crippen molar-refractivity contribution in [3.05, 3.63) is 60.0 Å². The second-order valence-corrected chi connectivity index (χ2v) is 6.18. The van der Waals surface area contributed by atoms with Crippen LogP contribution in [0.15, 0.2) is 48.7 Å². The van der Waals surface area contributed by atoms with Gasteiger partial charge in [0.2, 0.25) is 0 Å². The summed E-state index contributed by atoms with van der Waals surface area (Å²) in [5.74, 6) is 0.818. The van der Waals surface area contributed by atoms with Gasteiger partial charge in [-0.25, -0.2) is 4.39 Å². The van der Waals surface area contributed by atoms with E-state index in [1.165, 1.54) is 12.1 Å². The van der Waals surface area contributed by atoms with Crippen LogP contribution in [0.1, 0.15) is 16.8 Å². The Labute approximate surface area is 150 Å². The van der Waals surface area contributed by atoms with E-state index in [1.54, 1.807) is 24.3 Å². The molecule has 2 heterocycles. The summed E-state index contributed by atoms with van der Waals surface area (Å²) in [6.45, 7) is 2.19. The first-order chi connectivity index (χ1) is 12.7. The second-order valence-electron chi connectivity index (χ2n) is 6.18. The van der Waals surface area contributed by atoms with Gasteiger partial charge in [-0.2, -0.15) is 0 Å². The average molecular weight is 354 g/mol. The Morgan fingerprint density at radius 3 is 2.81 bits per heavy atom. The van der Waals surface area contributed by atoms with Crippen molar-refractivity contribution in [1.29, 1.82) is 0 Å². The number of hydrogen-bond donors (Lipinski definition) is 1. The third-order valence-electron chi connectivity index (χ3n) is 4.38. The zero-order valence-electron chi connectivity index (χ0n) is 14.2. The van der Waals surface area contributed by atoms with Gasteiger partial charge in [0, 0.05) is 31.3 Å². The van der Waals surface area contributed by atoms with E-state index in [0.717, 1.165) is 17.3 Å². The Hall–Kier alpha value is -3.02. The monoisotopic (exact) mass is 354 g/mol. The summed E-state index contributed by atoms with van der Waals surface area (Å²) in [6.07, 6.45) is 2.71. The van der Waals surface area contributed by atoms with E-state index in [9.17, 15) is 9.18 Å². The maximum atomic E-state index is 13.4. The lowest BCUT2D eigenvalue weighted by molar-refractivity contribution is 0.0952. The summed E-state index contributed by atoms with van der Waals surface area (Å²) in [7, 11) is 0. The van der Waals surface area contributed by atoms with Gasteiger partial charge < -0.3 is 19.4 Å². The molecular weight excluding hydrogens is 335 g/mol. The normalized spacial score (nSPS) is 13.4. The zero-order valence-corrected chi connectivity index (χ0v) is 14.2. The number of amides is 1. The number of carbonyl (C=O) groups excluding carboxylic acids is 1. The predicted octanol–water partition coefficient (Wildman–Crippen LogP) is 3.37. The number of ether oxygens (including phenoxy) is 2. The molecule has 2 aromatic carbocycles. The van der Waals surface area contributed by atoms with Crippen LogP contribution in [-0.4, -0.2) is 30.2 Å². The van der Waals surface area contributed by atoms with Gasteiger partial charge in [0.05, 0.1) is 18.7 Å². The second kappa shape index (κ2) is 7.07. The van der Waals surface area contributed by atoms with Crippen LogP contribution in [0.5, 0.6) is 11.5 Å². The van der Waals surface area contributed by atoms with Crippen molar-refractivity contribution in [2.24, 2.45) is 0 Å². The minimum Gasteiger partial charge on any atom is -0.490 e. The van der Waals surface area contributed by atoms with Crippen LogP contribution in [0.4, 0.5) is 4.39 Å². The molecule has 1 N–H and O–H groups in total. The van der Waals surface area contributed by atoms with Crippen molar-refractivity contribution in [2.75, 3.05) is 19.8 Å². The standard InChI is InChI=1S/C20H19FN2O3/c21-16-4-2-14-6-8-23(17(14)13-16)9-7-22-20(24)15-3-5-18-19(12-15)26-11-1-10-25-18/h2-6,8,12-13H,1,7,9-11H2,(H,22,24). The van der Waals surface area contributed by atoms with Gasteiger partial charge in [0.1, 0.15) is 5.82 Å². The Morgan fingerprint density at radius 1 is 1.08 bits per heavy atom. The maximum absolute atomic E-state index is 13.4. The fourth-order valence-electron chi connectivity index (χ4n) is 3.05. The molecule has 4 rings (SSSR count). The topological polar surface area (TPSA) is 52.5 Å². The molecule has 1 amide bonds. The van der Waals surface area contributed by atoms with Gasteiger partial charge in [-0.15, -0.1) is 0 Å². The summed E-state index contributed by atoms with van der Waals surface area (Å²) in [5.41, 5.74) is 1.34. The molecule has 0 fully saturated rings. The molecule has 0 bridgehead atoms. The van der Waals surface area contributed by atoms with Crippen LogP contribution in [-0.2, 0) is 6.54 Å². The molecule has 0 spiro atoms. The first-order valence-electron chi connectivity index (χ1n) is 8.63. The van der Waals surface area contributed by atoms with Crippen LogP contribution in [0.25, 0.3) is 10.9 Å². The van der Waals surface area contributed by atoms with Crippen LogP contribution in [0.3, 0.4) is 0 Å². The summed E-state index contributed by atoms with van der Waals surface area (Å²) >= 11 is 0. The molecule has 5 nitrogen and oxygen atoms in total. The highest BCUT2D eigenvalue weighted by Gasteiger charge is 2.14. The fourth-order valence-corrected chi connectivity index (χ4v) is 3.05. The minimum absolute atomic E-state index is 0.178. The maximum Gasteiger partial charge on any atom is 0.251 e. The van der Waals surface area contributed by atoms with Crippen LogP contribution in [0.2, 0.25) is 0 Å². The molecule has 0 aliphatic carbocycles. The van der Waals surface area contributed by atoms with Gasteiger partial charge in [0.25, 0.3) is 5.91 Å². The molecule has 0 unspecified atom stereocenters. The van der Waals surface area contributed by atoms with Gasteiger partial charge in [-0.3, -0.25) is 4.79 Å². The van der Waals surface area contributed by atoms with Crippen molar-refractivity contribution >= 4 is 16.8 Å². The average Bonchev–Trinajstić information content (AvgIpc) is 2.88. The fraction of sp³-hybridized carbons (Fsp3) is 0.250. The molecule has 1 aliphatic heterocycles. The number of halogens is 1. The Morgan fingerprint density at radius 2 is 1.92 bits per heavy atom. The molecular formula is C20H19FN2O3. The van der Waals surface area contributed by atoms with E-state index >= 15 is 0 Å². The number of carbonyl (C=O) groups is 1. The molecule has 0 saturated heterocycles. The first kappa shape index (κ1) is 16.4. The summed E-state index contributed by atoms with van der Waals surface area (Å²) in [4.78, 5) is 12.4. The van der Waals surface area contributed by atoms with Crippen molar-refractivity contribution < 1.29 is 18.7 Å². The number of aromatic nitrogens is 1. The molecule has 134 valence electrons. The predicted molar refractivity (Wildman–Crippen MR) is 96.3 cm³/mol. The molecule has 1 aromatic heterocycles. The van der Waals surface area contributed by atoms with Gasteiger partial charge >= 0.3 is 0 Å². The highest BCUT2D eigenvalue weighted by molar-refractivity contribution is 5.94. The molecule has 0 saturated carbocycles. The van der Waals surface area contributed by atoms with Gasteiger partial charge in [0.15, 0.2) is 11.5 Å². The number of nitrogens with zero attached hydrogens (tertiary/aromatic N) is 1. The van der Waals surface area contributed by atoms with E-state index < -0.39 is 0 Å². The van der Waals surface area contributed by atoms with E-state index in [2.05, 4.69) is 5.32 Å². The Bertz CT molecular complexity index is 951. The number of fused-ring (bicyclic) bond motifs is 2. The summed E-state index contributed by atoms with van der Waals surface area (Å²) < 4.78 is 26.5. The minimum atomic E-state index is -0.270. The van der Waals surface area contributed by atoms with E-state index in [1.807, 2.05) is 16.8 Å². The van der Waals surface area contributed by atoms with Crippen LogP contribution in [0, 0.1) is 5.82 Å². The zero-order chi connectivity index (χ0) is 17.9. The Balaban J connectivity index is 1.41. The molecule has 1 aliphatic rings. The summed E-state index contributed by atoms with van der Waals surface area (Å²) in [5, 5.41) is 3.86. The molecule has 3 aromatic rings. The SMILES string of the molecule is O=C(NCCn1ccc2ccc(F)cc21)c1ccc2c(c1)OCCCO2. The quantitative estimate of drug-likeness (QED) is 0.782. The number of benzene rings is 2. The van der Waals surface area contributed by atoms with Gasteiger partial charge in [-0.05, 0) is 47.9 Å². The summed E-state index contributed by atoms with van der Waals surface area (Å²) in [6, 6.07) is 11.8. The number of rotatable bonds is 4. The lowest BCUT2D eigenvalue weighted by Crippen LogP contribution is -2.27. The largest absolute Gasteiger partial charge is 0.490 e. The lowest BCUT2D eigenvalue weighted by Gasteiger charge is -2.10. The number of nitrogens with one attached hydrogen (secondary N) is 1. The van der Waals surface area contributed by atoms with Gasteiger partial charge in [-0.1, -0.05) is 0 Å². The van der Waals surface area contributed by atoms with Crippen LogP contribution >= 0.6 is 0 Å². The lowest BCUT2D eigenvalue weighted by atomic mass is 10.2. The molecule has 26 heavy (non-hydrogen) atoms. The van der Waals surface area contributed by atoms with Crippen molar-refractivity contribution in [1.82, 2.24) is 9.88 Å². The molecule has 6 heteroatoms. The van der Waals surface area contributed by atoms with E-state index in [4.69, 9.17) is 9.47 Å². The van der Waals surface area contributed by atoms with E-state index in [0.29, 0.717) is 43.4 Å². The van der Waals surface area contributed by atoms with Crippen LogP contribution < -0.4 is 14.8 Å². The molecule has 0 radical (unpaired) electrons. The third-order valence-corrected chi connectivity index (χ3v) is 4.38. The van der Waals surface area contributed by atoms with Crippen molar-refractivity contribution in [2.45, 2.75) is 13.0 Å². The van der Waals surface area contributed by atoms with Crippen molar-refractivity contribution in [3.63, 3.8) is 0 Å². The smallest absolute Gasteiger partial charge is 0.251 e. The highest BCUT2D eigenvalue weighted by Crippen LogP contribution is 2.30.